The summed E-state index contributed by atoms with van der Waals surface area (Å²) in [4.78, 5) is 12.4. The van der Waals surface area contributed by atoms with E-state index in [-0.39, 0.29) is 5.91 Å². The number of nitrogens with zero attached hydrogens (tertiary/aromatic N) is 1. The Morgan fingerprint density at radius 1 is 1.00 bits per heavy atom. The normalized spacial score (nSPS) is 10.1. The first-order valence-electron chi connectivity index (χ1n) is 7.75. The highest BCUT2D eigenvalue weighted by molar-refractivity contribution is 9.10. The summed E-state index contributed by atoms with van der Waals surface area (Å²) in [6.45, 7) is 1.98. The van der Waals surface area contributed by atoms with Crippen molar-refractivity contribution in [3.63, 3.8) is 0 Å². The minimum Gasteiger partial charge on any atom is -0.322 e. The van der Waals surface area contributed by atoms with Gasteiger partial charge < -0.3 is 5.32 Å². The van der Waals surface area contributed by atoms with Crippen molar-refractivity contribution in [2.75, 3.05) is 5.32 Å². The molecule has 0 atom stereocenters. The molecule has 0 saturated carbocycles. The lowest BCUT2D eigenvalue weighted by molar-refractivity contribution is 0.102. The fraction of sp³-hybridized carbons (Fsp3) is 0.0476. The third-order valence-corrected chi connectivity index (χ3v) is 4.54. The SMILES string of the molecule is Cc1c(NC(=O)c2ccc(Br)cc2)cccc1-c1ccc(C#N)cc1. The van der Waals surface area contributed by atoms with Crippen LogP contribution in [0.1, 0.15) is 21.5 Å². The molecule has 0 radical (unpaired) electrons. The molecule has 0 aromatic heterocycles. The van der Waals surface area contributed by atoms with Gasteiger partial charge in [-0.2, -0.15) is 5.26 Å². The summed E-state index contributed by atoms with van der Waals surface area (Å²) in [7, 11) is 0. The minimum atomic E-state index is -0.146. The van der Waals surface area contributed by atoms with Crippen molar-refractivity contribution < 1.29 is 4.79 Å². The highest BCUT2D eigenvalue weighted by Crippen LogP contribution is 2.29. The van der Waals surface area contributed by atoms with E-state index < -0.39 is 0 Å². The lowest BCUT2D eigenvalue weighted by Gasteiger charge is -2.13. The number of rotatable bonds is 3. The molecule has 3 rings (SSSR count). The molecule has 1 N–H and O–H groups in total. The van der Waals surface area contributed by atoms with E-state index in [0.717, 1.165) is 26.9 Å². The van der Waals surface area contributed by atoms with E-state index in [1.54, 1.807) is 24.3 Å². The molecule has 122 valence electrons. The van der Waals surface area contributed by atoms with Crippen molar-refractivity contribution in [3.05, 3.63) is 87.9 Å². The van der Waals surface area contributed by atoms with Gasteiger partial charge in [-0.15, -0.1) is 0 Å². The molecule has 0 aliphatic heterocycles. The Bertz CT molecular complexity index is 955. The summed E-state index contributed by atoms with van der Waals surface area (Å²) in [5.41, 5.74) is 5.02. The zero-order chi connectivity index (χ0) is 17.8. The fourth-order valence-corrected chi connectivity index (χ4v) is 2.87. The van der Waals surface area contributed by atoms with Gasteiger partial charge in [-0.25, -0.2) is 0 Å². The summed E-state index contributed by atoms with van der Waals surface area (Å²) in [6.07, 6.45) is 0. The second-order valence-corrected chi connectivity index (χ2v) is 6.54. The summed E-state index contributed by atoms with van der Waals surface area (Å²) >= 11 is 3.37. The predicted octanol–water partition coefficient (Wildman–Crippen LogP) is 5.55. The van der Waals surface area contributed by atoms with Crippen molar-refractivity contribution in [2.45, 2.75) is 6.92 Å². The molecular formula is C21H15BrN2O. The van der Waals surface area contributed by atoms with Gasteiger partial charge in [-0.3, -0.25) is 4.79 Å². The maximum Gasteiger partial charge on any atom is 0.255 e. The molecule has 0 aliphatic carbocycles. The zero-order valence-electron chi connectivity index (χ0n) is 13.6. The summed E-state index contributed by atoms with van der Waals surface area (Å²) in [6, 6.07) is 22.6. The first-order valence-corrected chi connectivity index (χ1v) is 8.55. The van der Waals surface area contributed by atoms with Gasteiger partial charge in [0.05, 0.1) is 11.6 Å². The summed E-state index contributed by atoms with van der Waals surface area (Å²) in [5.74, 6) is -0.146. The molecular weight excluding hydrogens is 376 g/mol. The molecule has 3 nitrogen and oxygen atoms in total. The Morgan fingerprint density at radius 3 is 2.32 bits per heavy atom. The van der Waals surface area contributed by atoms with Crippen LogP contribution in [-0.4, -0.2) is 5.91 Å². The lowest BCUT2D eigenvalue weighted by atomic mass is 9.98. The largest absolute Gasteiger partial charge is 0.322 e. The van der Waals surface area contributed by atoms with E-state index in [4.69, 9.17) is 5.26 Å². The molecule has 3 aromatic carbocycles. The van der Waals surface area contributed by atoms with Gasteiger partial charge in [0.25, 0.3) is 5.91 Å². The van der Waals surface area contributed by atoms with Crippen molar-refractivity contribution in [2.24, 2.45) is 0 Å². The number of hydrogen-bond donors (Lipinski definition) is 1. The number of nitrogens with one attached hydrogen (secondary N) is 1. The van der Waals surface area contributed by atoms with Crippen LogP contribution in [0.2, 0.25) is 0 Å². The van der Waals surface area contributed by atoms with Crippen LogP contribution in [0.25, 0.3) is 11.1 Å². The number of halogens is 1. The van der Waals surface area contributed by atoms with Crippen LogP contribution in [0.15, 0.2) is 71.2 Å². The molecule has 0 fully saturated rings. The molecule has 0 unspecified atom stereocenters. The topological polar surface area (TPSA) is 52.9 Å². The Labute approximate surface area is 155 Å². The molecule has 0 heterocycles. The van der Waals surface area contributed by atoms with Gasteiger partial charge in [-0.05, 0) is 66.1 Å². The number of amides is 1. The highest BCUT2D eigenvalue weighted by Gasteiger charge is 2.10. The first kappa shape index (κ1) is 16.9. The number of hydrogen-bond acceptors (Lipinski definition) is 2. The van der Waals surface area contributed by atoms with E-state index in [1.165, 1.54) is 0 Å². The van der Waals surface area contributed by atoms with Gasteiger partial charge in [0.2, 0.25) is 0 Å². The molecule has 1 amide bonds. The zero-order valence-corrected chi connectivity index (χ0v) is 15.2. The Hall–Kier alpha value is -2.90. The van der Waals surface area contributed by atoms with E-state index >= 15 is 0 Å². The van der Waals surface area contributed by atoms with Crippen molar-refractivity contribution in [1.82, 2.24) is 0 Å². The predicted molar refractivity (Wildman–Crippen MR) is 103 cm³/mol. The van der Waals surface area contributed by atoms with Crippen LogP contribution in [0.5, 0.6) is 0 Å². The van der Waals surface area contributed by atoms with Crippen LogP contribution in [-0.2, 0) is 0 Å². The molecule has 0 saturated heterocycles. The van der Waals surface area contributed by atoms with E-state index in [2.05, 4.69) is 27.3 Å². The van der Waals surface area contributed by atoms with Crippen LogP contribution < -0.4 is 5.32 Å². The Balaban J connectivity index is 1.89. The summed E-state index contributed by atoms with van der Waals surface area (Å²) < 4.78 is 0.933. The average molecular weight is 391 g/mol. The monoisotopic (exact) mass is 390 g/mol. The van der Waals surface area contributed by atoms with E-state index in [1.807, 2.05) is 49.4 Å². The molecule has 0 bridgehead atoms. The number of benzene rings is 3. The second-order valence-electron chi connectivity index (χ2n) is 5.63. The third-order valence-electron chi connectivity index (χ3n) is 4.01. The number of anilines is 1. The van der Waals surface area contributed by atoms with E-state index in [0.29, 0.717) is 11.1 Å². The Morgan fingerprint density at radius 2 is 1.68 bits per heavy atom. The average Bonchev–Trinajstić information content (AvgIpc) is 2.64. The smallest absolute Gasteiger partial charge is 0.255 e. The van der Waals surface area contributed by atoms with Crippen LogP contribution in [0.3, 0.4) is 0 Å². The fourth-order valence-electron chi connectivity index (χ4n) is 2.60. The standard InChI is InChI=1S/C21H15BrN2O/c1-14-19(16-7-5-15(13-23)6-8-16)3-2-4-20(14)24-21(25)17-9-11-18(22)12-10-17/h2-12H,1H3,(H,24,25). The third kappa shape index (κ3) is 3.78. The highest BCUT2D eigenvalue weighted by atomic mass is 79.9. The second kappa shape index (κ2) is 7.33. The van der Waals surface area contributed by atoms with Gasteiger partial charge in [0, 0.05) is 15.7 Å². The van der Waals surface area contributed by atoms with Gasteiger partial charge in [-0.1, -0.05) is 40.2 Å². The summed E-state index contributed by atoms with van der Waals surface area (Å²) in [5, 5.41) is 11.9. The van der Waals surface area contributed by atoms with Crippen LogP contribution in [0.4, 0.5) is 5.69 Å². The number of carbonyl (C=O) groups excluding carboxylic acids is 1. The molecule has 25 heavy (non-hydrogen) atoms. The van der Waals surface area contributed by atoms with Gasteiger partial charge in [0.15, 0.2) is 0 Å². The number of nitriles is 1. The minimum absolute atomic E-state index is 0.146. The van der Waals surface area contributed by atoms with Gasteiger partial charge in [0.1, 0.15) is 0 Å². The molecule has 4 heteroatoms. The van der Waals surface area contributed by atoms with Gasteiger partial charge >= 0.3 is 0 Å². The molecule has 0 spiro atoms. The van der Waals surface area contributed by atoms with Crippen LogP contribution >= 0.6 is 15.9 Å². The maximum atomic E-state index is 12.4. The van der Waals surface area contributed by atoms with Crippen LogP contribution in [0, 0.1) is 18.3 Å². The van der Waals surface area contributed by atoms with E-state index in [9.17, 15) is 4.79 Å². The molecule has 3 aromatic rings. The first-order chi connectivity index (χ1) is 12.1. The number of carbonyl (C=O) groups is 1. The molecule has 0 aliphatic rings. The quantitative estimate of drug-likeness (QED) is 0.637. The maximum absolute atomic E-state index is 12.4. The Kier molecular flexibility index (Phi) is 4.97. The van der Waals surface area contributed by atoms with Crippen molar-refractivity contribution in [3.8, 4) is 17.2 Å². The van der Waals surface area contributed by atoms with Crippen molar-refractivity contribution >= 4 is 27.5 Å². The van der Waals surface area contributed by atoms with Crippen molar-refractivity contribution in [1.29, 1.82) is 5.26 Å². The lowest BCUT2D eigenvalue weighted by Crippen LogP contribution is -2.12.